The largest absolute Gasteiger partial charge is 0.352 e. The second kappa shape index (κ2) is 8.78. The fourth-order valence-electron chi connectivity index (χ4n) is 2.68. The summed E-state index contributed by atoms with van der Waals surface area (Å²) in [6.07, 6.45) is 0.872. The maximum atomic E-state index is 12.9. The van der Waals surface area contributed by atoms with Gasteiger partial charge in [-0.15, -0.1) is 12.4 Å². The highest BCUT2D eigenvalue weighted by Crippen LogP contribution is 2.19. The van der Waals surface area contributed by atoms with Gasteiger partial charge in [-0.25, -0.2) is 12.8 Å². The first-order valence-corrected chi connectivity index (χ1v) is 9.35. The molecule has 0 spiro atoms. The molecule has 1 aromatic rings. The van der Waals surface area contributed by atoms with E-state index < -0.39 is 20.9 Å². The molecule has 0 radical (unpaired) electrons. The molecule has 8 heteroatoms. The van der Waals surface area contributed by atoms with Gasteiger partial charge >= 0.3 is 0 Å². The highest BCUT2D eigenvalue weighted by molar-refractivity contribution is 7.92. The van der Waals surface area contributed by atoms with Crippen molar-refractivity contribution in [3.8, 4) is 0 Å². The number of sulfone groups is 1. The van der Waals surface area contributed by atoms with Gasteiger partial charge < -0.3 is 10.6 Å². The van der Waals surface area contributed by atoms with E-state index >= 15 is 0 Å². The zero-order valence-electron chi connectivity index (χ0n) is 13.8. The SMILES string of the molecule is CC1CCNCC1NC(=O)CC(C)S(=O)(=O)c1ccc(F)cc1.Cl. The average Bonchev–Trinajstić information content (AvgIpc) is 2.50. The Kier molecular flexibility index (Phi) is 7.63. The molecule has 3 atom stereocenters. The lowest BCUT2D eigenvalue weighted by Gasteiger charge is -2.30. The summed E-state index contributed by atoms with van der Waals surface area (Å²) in [5.74, 6) is -0.402. The topological polar surface area (TPSA) is 75.3 Å². The summed E-state index contributed by atoms with van der Waals surface area (Å²) >= 11 is 0. The Bertz CT molecular complexity index is 652. The van der Waals surface area contributed by atoms with Crippen molar-refractivity contribution < 1.29 is 17.6 Å². The van der Waals surface area contributed by atoms with Crippen molar-refractivity contribution in [1.29, 1.82) is 0 Å². The minimum Gasteiger partial charge on any atom is -0.352 e. The minimum atomic E-state index is -3.65. The number of carbonyl (C=O) groups is 1. The smallest absolute Gasteiger partial charge is 0.221 e. The third-order valence-electron chi connectivity index (χ3n) is 4.32. The van der Waals surface area contributed by atoms with E-state index in [-0.39, 0.29) is 35.7 Å². The molecule has 1 aliphatic heterocycles. The molecule has 1 amide bonds. The number of hydrogen-bond acceptors (Lipinski definition) is 4. The Morgan fingerprint density at radius 3 is 2.58 bits per heavy atom. The molecule has 1 aliphatic rings. The van der Waals surface area contributed by atoms with Gasteiger partial charge in [0.25, 0.3) is 0 Å². The Morgan fingerprint density at radius 1 is 1.38 bits per heavy atom. The minimum absolute atomic E-state index is 0. The van der Waals surface area contributed by atoms with Crippen LogP contribution in [0.25, 0.3) is 0 Å². The molecule has 136 valence electrons. The standard InChI is InChI=1S/C16H23FN2O3S.ClH/c1-11-7-8-18-10-15(11)19-16(20)9-12(2)23(21,22)14-5-3-13(17)4-6-14;/h3-6,11-12,15,18H,7-10H2,1-2H3,(H,19,20);1H. The van der Waals surface area contributed by atoms with Crippen molar-refractivity contribution >= 4 is 28.2 Å². The van der Waals surface area contributed by atoms with E-state index in [1.54, 1.807) is 0 Å². The normalized spacial score (nSPS) is 22.3. The van der Waals surface area contributed by atoms with Gasteiger partial charge in [0.05, 0.1) is 10.1 Å². The zero-order chi connectivity index (χ0) is 17.0. The molecule has 24 heavy (non-hydrogen) atoms. The van der Waals surface area contributed by atoms with E-state index in [0.29, 0.717) is 12.5 Å². The van der Waals surface area contributed by atoms with Crippen LogP contribution in [0.15, 0.2) is 29.2 Å². The van der Waals surface area contributed by atoms with E-state index in [2.05, 4.69) is 17.6 Å². The summed E-state index contributed by atoms with van der Waals surface area (Å²) in [5, 5.41) is 5.26. The quantitative estimate of drug-likeness (QED) is 0.767. The predicted molar refractivity (Wildman–Crippen MR) is 93.5 cm³/mol. The zero-order valence-corrected chi connectivity index (χ0v) is 15.4. The van der Waals surface area contributed by atoms with Crippen LogP contribution in [-0.4, -0.2) is 38.7 Å². The van der Waals surface area contributed by atoms with Crippen molar-refractivity contribution in [2.75, 3.05) is 13.1 Å². The van der Waals surface area contributed by atoms with E-state index in [4.69, 9.17) is 0 Å². The van der Waals surface area contributed by atoms with Crippen LogP contribution in [0.4, 0.5) is 4.39 Å². The van der Waals surface area contributed by atoms with Crippen LogP contribution in [0.1, 0.15) is 26.7 Å². The molecule has 2 rings (SSSR count). The predicted octanol–water partition coefficient (Wildman–Crippen LogP) is 1.91. The van der Waals surface area contributed by atoms with Crippen molar-refractivity contribution in [2.24, 2.45) is 5.92 Å². The highest BCUT2D eigenvalue weighted by Gasteiger charge is 2.28. The lowest BCUT2D eigenvalue weighted by atomic mass is 9.95. The number of piperidine rings is 1. The van der Waals surface area contributed by atoms with Gasteiger partial charge in [-0.1, -0.05) is 6.92 Å². The molecule has 5 nitrogen and oxygen atoms in total. The molecule has 1 saturated heterocycles. The molecular weight excluding hydrogens is 355 g/mol. The Morgan fingerprint density at radius 2 is 2.00 bits per heavy atom. The number of amides is 1. The number of rotatable bonds is 5. The van der Waals surface area contributed by atoms with Crippen LogP contribution in [0.5, 0.6) is 0 Å². The first-order chi connectivity index (χ1) is 10.8. The molecule has 1 fully saturated rings. The Labute approximate surface area is 148 Å². The van der Waals surface area contributed by atoms with Crippen LogP contribution < -0.4 is 10.6 Å². The maximum absolute atomic E-state index is 12.9. The van der Waals surface area contributed by atoms with Crippen molar-refractivity contribution in [3.05, 3.63) is 30.1 Å². The molecule has 0 saturated carbocycles. The third-order valence-corrected chi connectivity index (χ3v) is 6.47. The lowest BCUT2D eigenvalue weighted by molar-refractivity contribution is -0.122. The van der Waals surface area contributed by atoms with Crippen LogP contribution in [0.3, 0.4) is 0 Å². The van der Waals surface area contributed by atoms with Crippen molar-refractivity contribution in [2.45, 2.75) is 42.9 Å². The number of carbonyl (C=O) groups excluding carboxylic acids is 1. The molecule has 1 aromatic carbocycles. The monoisotopic (exact) mass is 378 g/mol. The van der Waals surface area contributed by atoms with E-state index in [0.717, 1.165) is 25.1 Å². The van der Waals surface area contributed by atoms with Gasteiger partial charge in [-0.2, -0.15) is 0 Å². The molecule has 0 aromatic heterocycles. The van der Waals surface area contributed by atoms with Crippen LogP contribution in [0, 0.1) is 11.7 Å². The lowest BCUT2D eigenvalue weighted by Crippen LogP contribution is -2.50. The Balaban J connectivity index is 0.00000288. The number of nitrogens with one attached hydrogen (secondary N) is 2. The summed E-state index contributed by atoms with van der Waals surface area (Å²) in [4.78, 5) is 12.2. The summed E-state index contributed by atoms with van der Waals surface area (Å²) in [6, 6.07) is 4.69. The van der Waals surface area contributed by atoms with E-state index in [1.807, 2.05) is 0 Å². The first kappa shape index (κ1) is 20.9. The molecule has 2 N–H and O–H groups in total. The first-order valence-electron chi connectivity index (χ1n) is 7.80. The third kappa shape index (κ3) is 5.16. The summed E-state index contributed by atoms with van der Waals surface area (Å²) < 4.78 is 37.8. The molecule has 0 aliphatic carbocycles. The Hall–Kier alpha value is -1.18. The van der Waals surface area contributed by atoms with Crippen molar-refractivity contribution in [1.82, 2.24) is 10.6 Å². The molecule has 1 heterocycles. The number of halogens is 2. The molecular formula is C16H24ClFN2O3S. The average molecular weight is 379 g/mol. The molecule has 0 bridgehead atoms. The van der Waals surface area contributed by atoms with Gasteiger partial charge in [0, 0.05) is 19.0 Å². The van der Waals surface area contributed by atoms with Gasteiger partial charge in [0.1, 0.15) is 5.82 Å². The van der Waals surface area contributed by atoms with Crippen LogP contribution in [-0.2, 0) is 14.6 Å². The van der Waals surface area contributed by atoms with Gasteiger partial charge in [-0.05, 0) is 50.1 Å². The van der Waals surface area contributed by atoms with Gasteiger partial charge in [0.15, 0.2) is 9.84 Å². The number of benzene rings is 1. The van der Waals surface area contributed by atoms with Gasteiger partial charge in [0.2, 0.25) is 5.91 Å². The van der Waals surface area contributed by atoms with Crippen molar-refractivity contribution in [3.63, 3.8) is 0 Å². The van der Waals surface area contributed by atoms with Crippen LogP contribution >= 0.6 is 12.4 Å². The van der Waals surface area contributed by atoms with E-state index in [9.17, 15) is 17.6 Å². The van der Waals surface area contributed by atoms with E-state index in [1.165, 1.54) is 19.1 Å². The fraction of sp³-hybridized carbons (Fsp3) is 0.562. The number of hydrogen-bond donors (Lipinski definition) is 2. The fourth-order valence-corrected chi connectivity index (χ4v) is 4.03. The summed E-state index contributed by atoms with van der Waals surface area (Å²) in [5.41, 5.74) is 0. The second-order valence-corrected chi connectivity index (χ2v) is 8.52. The highest BCUT2D eigenvalue weighted by atomic mass is 35.5. The second-order valence-electron chi connectivity index (χ2n) is 6.16. The summed E-state index contributed by atoms with van der Waals surface area (Å²) in [6.45, 7) is 5.21. The van der Waals surface area contributed by atoms with Gasteiger partial charge in [-0.3, -0.25) is 4.79 Å². The summed E-state index contributed by atoms with van der Waals surface area (Å²) in [7, 11) is -3.65. The maximum Gasteiger partial charge on any atom is 0.221 e. The van der Waals surface area contributed by atoms with Crippen LogP contribution in [0.2, 0.25) is 0 Å². The molecule has 3 unspecified atom stereocenters.